The normalized spacial score (nSPS) is 10.7. The fourth-order valence-corrected chi connectivity index (χ4v) is 2.29. The molecule has 0 atom stereocenters. The van der Waals surface area contributed by atoms with Gasteiger partial charge in [0.2, 0.25) is 5.91 Å². The molecule has 2 N–H and O–H groups in total. The quantitative estimate of drug-likeness (QED) is 0.805. The Morgan fingerprint density at radius 1 is 1.67 bits per heavy atom. The SMILES string of the molecule is Cc1[nH]c(=S)sc1CC(=O)NCC(F)F. The van der Waals surface area contributed by atoms with E-state index < -0.39 is 18.9 Å². The Morgan fingerprint density at radius 3 is 2.80 bits per heavy atom. The predicted molar refractivity (Wildman–Crippen MR) is 57.0 cm³/mol. The summed E-state index contributed by atoms with van der Waals surface area (Å²) in [5.41, 5.74) is 0.817. The minimum Gasteiger partial charge on any atom is -0.350 e. The molecule has 0 spiro atoms. The lowest BCUT2D eigenvalue weighted by atomic mass is 10.3. The molecule has 15 heavy (non-hydrogen) atoms. The highest BCUT2D eigenvalue weighted by Crippen LogP contribution is 2.14. The number of alkyl halides is 2. The van der Waals surface area contributed by atoms with Crippen molar-refractivity contribution in [2.75, 3.05) is 6.54 Å². The maximum atomic E-state index is 11.8. The zero-order chi connectivity index (χ0) is 11.4. The van der Waals surface area contributed by atoms with E-state index >= 15 is 0 Å². The van der Waals surface area contributed by atoms with E-state index in [0.717, 1.165) is 10.6 Å². The summed E-state index contributed by atoms with van der Waals surface area (Å²) in [6, 6.07) is 0. The lowest BCUT2D eigenvalue weighted by Crippen LogP contribution is -2.29. The number of thiazole rings is 1. The number of hydrogen-bond acceptors (Lipinski definition) is 3. The number of carbonyl (C=O) groups excluding carboxylic acids is 1. The number of hydrogen-bond donors (Lipinski definition) is 2. The van der Waals surface area contributed by atoms with Crippen molar-refractivity contribution in [3.05, 3.63) is 14.5 Å². The first-order valence-corrected chi connectivity index (χ1v) is 5.45. The smallest absolute Gasteiger partial charge is 0.255 e. The van der Waals surface area contributed by atoms with Gasteiger partial charge in [-0.15, -0.1) is 11.3 Å². The highest BCUT2D eigenvalue weighted by atomic mass is 32.1. The van der Waals surface area contributed by atoms with Gasteiger partial charge in [0.1, 0.15) is 0 Å². The van der Waals surface area contributed by atoms with E-state index in [4.69, 9.17) is 12.2 Å². The molecule has 3 nitrogen and oxygen atoms in total. The van der Waals surface area contributed by atoms with Crippen LogP contribution >= 0.6 is 23.6 Å². The van der Waals surface area contributed by atoms with Crippen LogP contribution < -0.4 is 5.32 Å². The zero-order valence-electron chi connectivity index (χ0n) is 7.97. The van der Waals surface area contributed by atoms with Crippen molar-refractivity contribution in [2.24, 2.45) is 0 Å². The van der Waals surface area contributed by atoms with Gasteiger partial charge in [-0.25, -0.2) is 8.78 Å². The van der Waals surface area contributed by atoms with Crippen molar-refractivity contribution >= 4 is 29.5 Å². The molecular formula is C8H10F2N2OS2. The molecule has 1 aromatic rings. The summed E-state index contributed by atoms with van der Waals surface area (Å²) < 4.78 is 24.2. The number of nitrogens with one attached hydrogen (secondary N) is 2. The van der Waals surface area contributed by atoms with Crippen LogP contribution in [0, 0.1) is 10.9 Å². The maximum Gasteiger partial charge on any atom is 0.255 e. The molecule has 0 fully saturated rings. The van der Waals surface area contributed by atoms with Crippen LogP contribution in [0.1, 0.15) is 10.6 Å². The largest absolute Gasteiger partial charge is 0.350 e. The number of aryl methyl sites for hydroxylation is 1. The molecule has 84 valence electrons. The van der Waals surface area contributed by atoms with Crippen molar-refractivity contribution in [1.29, 1.82) is 0 Å². The number of aromatic nitrogens is 1. The highest BCUT2D eigenvalue weighted by Gasteiger charge is 2.10. The average Bonchev–Trinajstić information content (AvgIpc) is 2.42. The molecule has 1 rings (SSSR count). The third-order valence-corrected chi connectivity index (χ3v) is 3.03. The second-order valence-corrected chi connectivity index (χ2v) is 4.71. The molecule has 0 aromatic carbocycles. The molecule has 0 bridgehead atoms. The summed E-state index contributed by atoms with van der Waals surface area (Å²) in [6.07, 6.45) is -2.42. The van der Waals surface area contributed by atoms with Crippen LogP contribution in [0.15, 0.2) is 0 Å². The summed E-state index contributed by atoms with van der Waals surface area (Å²) in [4.78, 5) is 14.9. The van der Waals surface area contributed by atoms with Crippen LogP contribution in [-0.4, -0.2) is 23.9 Å². The number of aromatic amines is 1. The molecule has 0 radical (unpaired) electrons. The molecule has 0 aliphatic rings. The Bertz CT molecular complexity index is 400. The van der Waals surface area contributed by atoms with E-state index in [2.05, 4.69) is 10.3 Å². The van der Waals surface area contributed by atoms with Crippen LogP contribution in [0.25, 0.3) is 0 Å². The highest BCUT2D eigenvalue weighted by molar-refractivity contribution is 7.73. The number of rotatable bonds is 4. The van der Waals surface area contributed by atoms with Gasteiger partial charge in [-0.05, 0) is 19.1 Å². The van der Waals surface area contributed by atoms with E-state index in [1.54, 1.807) is 6.92 Å². The zero-order valence-corrected chi connectivity index (χ0v) is 9.61. The first-order chi connectivity index (χ1) is 6.99. The summed E-state index contributed by atoms with van der Waals surface area (Å²) in [6.45, 7) is 1.19. The lowest BCUT2D eigenvalue weighted by molar-refractivity contribution is -0.121. The Kier molecular flexibility index (Phi) is 4.34. The van der Waals surface area contributed by atoms with E-state index in [-0.39, 0.29) is 6.42 Å². The van der Waals surface area contributed by atoms with E-state index in [0.29, 0.717) is 3.95 Å². The minimum atomic E-state index is -2.51. The standard InChI is InChI=1S/C8H10F2N2OS2/c1-4-5(15-8(14)12-4)2-7(13)11-3-6(9)10/h6H,2-3H2,1H3,(H,11,13)(H,12,14). The van der Waals surface area contributed by atoms with Crippen molar-refractivity contribution in [3.8, 4) is 0 Å². The van der Waals surface area contributed by atoms with Crippen LogP contribution in [0.5, 0.6) is 0 Å². The van der Waals surface area contributed by atoms with Crippen molar-refractivity contribution in [1.82, 2.24) is 10.3 Å². The van der Waals surface area contributed by atoms with Gasteiger partial charge in [0.25, 0.3) is 6.43 Å². The molecule has 1 amide bonds. The van der Waals surface area contributed by atoms with Crippen LogP contribution in [-0.2, 0) is 11.2 Å². The lowest BCUT2D eigenvalue weighted by Gasteiger charge is -2.02. The number of halogens is 2. The van der Waals surface area contributed by atoms with Crippen LogP contribution in [0.4, 0.5) is 8.78 Å². The van der Waals surface area contributed by atoms with Gasteiger partial charge in [0, 0.05) is 10.6 Å². The van der Waals surface area contributed by atoms with Gasteiger partial charge in [-0.3, -0.25) is 4.79 Å². The van der Waals surface area contributed by atoms with Gasteiger partial charge in [-0.2, -0.15) is 0 Å². The molecule has 7 heteroatoms. The molecule has 0 saturated heterocycles. The molecule has 0 unspecified atom stereocenters. The van der Waals surface area contributed by atoms with Crippen molar-refractivity contribution in [2.45, 2.75) is 19.8 Å². The van der Waals surface area contributed by atoms with E-state index in [1.807, 2.05) is 0 Å². The Labute approximate surface area is 94.5 Å². The van der Waals surface area contributed by atoms with Gasteiger partial charge in [0.05, 0.1) is 13.0 Å². The third-order valence-electron chi connectivity index (χ3n) is 1.70. The fourth-order valence-electron chi connectivity index (χ4n) is 1.00. The second kappa shape index (κ2) is 5.32. The average molecular weight is 252 g/mol. The Balaban J connectivity index is 2.51. The first-order valence-electron chi connectivity index (χ1n) is 4.22. The molecule has 1 aromatic heterocycles. The minimum absolute atomic E-state index is 0.0936. The molecular weight excluding hydrogens is 242 g/mol. The van der Waals surface area contributed by atoms with Gasteiger partial charge >= 0.3 is 0 Å². The first kappa shape index (κ1) is 12.3. The fraction of sp³-hybridized carbons (Fsp3) is 0.500. The maximum absolute atomic E-state index is 11.8. The monoisotopic (exact) mass is 252 g/mol. The number of carbonyl (C=O) groups is 1. The van der Waals surface area contributed by atoms with Gasteiger partial charge in [0.15, 0.2) is 3.95 Å². The Morgan fingerprint density at radius 2 is 2.33 bits per heavy atom. The van der Waals surface area contributed by atoms with Gasteiger partial charge < -0.3 is 10.3 Å². The molecule has 0 aliphatic heterocycles. The third kappa shape index (κ3) is 4.05. The second-order valence-electron chi connectivity index (χ2n) is 2.93. The van der Waals surface area contributed by atoms with Crippen LogP contribution in [0.3, 0.4) is 0 Å². The summed E-state index contributed by atoms with van der Waals surface area (Å²) in [5.74, 6) is -0.413. The van der Waals surface area contributed by atoms with Crippen LogP contribution in [0.2, 0.25) is 0 Å². The summed E-state index contributed by atoms with van der Waals surface area (Å²) in [7, 11) is 0. The molecule has 0 saturated carbocycles. The molecule has 1 heterocycles. The van der Waals surface area contributed by atoms with E-state index in [1.165, 1.54) is 11.3 Å². The predicted octanol–water partition coefficient (Wildman–Crippen LogP) is 2.04. The summed E-state index contributed by atoms with van der Waals surface area (Å²) >= 11 is 6.18. The number of H-pyrrole nitrogens is 1. The Hall–Kier alpha value is -0.820. The van der Waals surface area contributed by atoms with E-state index in [9.17, 15) is 13.6 Å². The molecule has 0 aliphatic carbocycles. The van der Waals surface area contributed by atoms with Crippen molar-refractivity contribution < 1.29 is 13.6 Å². The van der Waals surface area contributed by atoms with Crippen molar-refractivity contribution in [3.63, 3.8) is 0 Å². The summed E-state index contributed by atoms with van der Waals surface area (Å²) in [5, 5.41) is 2.14. The topological polar surface area (TPSA) is 44.9 Å². The van der Waals surface area contributed by atoms with Gasteiger partial charge in [-0.1, -0.05) is 0 Å². The number of amides is 1.